The van der Waals surface area contributed by atoms with Crippen molar-refractivity contribution in [1.29, 1.82) is 0 Å². The summed E-state index contributed by atoms with van der Waals surface area (Å²) in [5.74, 6) is 0. The highest BCUT2D eigenvalue weighted by Crippen LogP contribution is 2.27. The average molecular weight is 247 g/mol. The molecule has 0 N–H and O–H groups in total. The second-order valence-corrected chi connectivity index (χ2v) is 4.74. The topological polar surface area (TPSA) is 4.93 Å². The molecule has 1 heteroatoms. The Morgan fingerprint density at radius 3 is 2.37 bits per heavy atom. The van der Waals surface area contributed by atoms with Gasteiger partial charge in [0, 0.05) is 17.3 Å². The predicted molar refractivity (Wildman–Crippen MR) is 82.2 cm³/mol. The molecule has 0 bridgehead atoms. The number of aryl methyl sites for hydroxylation is 1. The minimum Gasteiger partial charge on any atom is -0.316 e. The molecule has 0 fully saturated rings. The third kappa shape index (κ3) is 1.97. The Labute approximate surface area is 113 Å². The van der Waals surface area contributed by atoms with Crippen molar-refractivity contribution in [3.8, 4) is 0 Å². The minimum atomic E-state index is 1.23. The molecule has 3 aromatic rings. The van der Waals surface area contributed by atoms with Crippen LogP contribution >= 0.6 is 0 Å². The van der Waals surface area contributed by atoms with E-state index >= 15 is 0 Å². The van der Waals surface area contributed by atoms with Crippen molar-refractivity contribution in [3.63, 3.8) is 0 Å². The summed E-state index contributed by atoms with van der Waals surface area (Å²) >= 11 is 0. The highest BCUT2D eigenvalue weighted by molar-refractivity contribution is 5.88. The number of hydrogen-bond donors (Lipinski definition) is 0. The van der Waals surface area contributed by atoms with E-state index in [0.717, 1.165) is 0 Å². The van der Waals surface area contributed by atoms with E-state index in [-0.39, 0.29) is 0 Å². The number of rotatable bonds is 2. The van der Waals surface area contributed by atoms with Crippen molar-refractivity contribution < 1.29 is 0 Å². The summed E-state index contributed by atoms with van der Waals surface area (Å²) in [6.45, 7) is 4.25. The van der Waals surface area contributed by atoms with E-state index in [0.29, 0.717) is 0 Å². The molecular formula is C18H17N. The number of nitrogens with zero attached hydrogens (tertiary/aromatic N) is 1. The first-order valence-corrected chi connectivity index (χ1v) is 6.60. The first kappa shape index (κ1) is 11.8. The van der Waals surface area contributed by atoms with Crippen LogP contribution in [0.2, 0.25) is 0 Å². The Bertz CT molecular complexity index is 733. The first-order chi connectivity index (χ1) is 9.31. The van der Waals surface area contributed by atoms with E-state index < -0.39 is 0 Å². The number of benzene rings is 2. The van der Waals surface area contributed by atoms with E-state index in [1.54, 1.807) is 0 Å². The van der Waals surface area contributed by atoms with Gasteiger partial charge in [-0.1, -0.05) is 54.6 Å². The van der Waals surface area contributed by atoms with E-state index in [4.69, 9.17) is 0 Å². The molecular weight excluding hydrogens is 230 g/mol. The summed E-state index contributed by atoms with van der Waals surface area (Å²) in [6.07, 6.45) is 4.38. The van der Waals surface area contributed by atoms with Gasteiger partial charge in [0.1, 0.15) is 0 Å². The number of fused-ring (bicyclic) bond motifs is 1. The van der Waals surface area contributed by atoms with E-state index in [1.807, 2.05) is 0 Å². The van der Waals surface area contributed by atoms with Gasteiger partial charge in [-0.3, -0.25) is 0 Å². The quantitative estimate of drug-likeness (QED) is 0.609. The summed E-state index contributed by atoms with van der Waals surface area (Å²) in [7, 11) is 0. The smallest absolute Gasteiger partial charge is 0.0531 e. The molecule has 0 saturated carbocycles. The zero-order valence-electron chi connectivity index (χ0n) is 11.3. The molecule has 2 aromatic carbocycles. The summed E-state index contributed by atoms with van der Waals surface area (Å²) < 4.78 is 2.28. The van der Waals surface area contributed by atoms with Gasteiger partial charge in [0.25, 0.3) is 0 Å². The first-order valence-electron chi connectivity index (χ1n) is 6.60. The fourth-order valence-electron chi connectivity index (χ4n) is 2.60. The third-order valence-electron chi connectivity index (χ3n) is 3.51. The average Bonchev–Trinajstić information content (AvgIpc) is 2.79. The van der Waals surface area contributed by atoms with Crippen molar-refractivity contribution in [2.75, 3.05) is 0 Å². The monoisotopic (exact) mass is 247 g/mol. The molecule has 0 saturated heterocycles. The molecule has 0 spiro atoms. The zero-order valence-corrected chi connectivity index (χ0v) is 11.3. The largest absolute Gasteiger partial charge is 0.316 e. The van der Waals surface area contributed by atoms with Gasteiger partial charge >= 0.3 is 0 Å². The summed E-state index contributed by atoms with van der Waals surface area (Å²) in [5, 5.41) is 1.32. The van der Waals surface area contributed by atoms with Crippen LogP contribution in [-0.2, 0) is 0 Å². The molecule has 0 aliphatic heterocycles. The van der Waals surface area contributed by atoms with Crippen LogP contribution in [0.3, 0.4) is 0 Å². The fourth-order valence-corrected chi connectivity index (χ4v) is 2.60. The van der Waals surface area contributed by atoms with Gasteiger partial charge in [-0.25, -0.2) is 0 Å². The molecule has 1 heterocycles. The van der Waals surface area contributed by atoms with E-state index in [9.17, 15) is 0 Å². The van der Waals surface area contributed by atoms with Crippen molar-refractivity contribution in [1.82, 2.24) is 4.57 Å². The molecule has 3 rings (SSSR count). The van der Waals surface area contributed by atoms with Crippen LogP contribution in [0, 0.1) is 6.92 Å². The molecule has 19 heavy (non-hydrogen) atoms. The lowest BCUT2D eigenvalue weighted by atomic mass is 10.1. The molecule has 1 aromatic heterocycles. The minimum absolute atomic E-state index is 1.23. The molecule has 0 atom stereocenters. The van der Waals surface area contributed by atoms with Crippen LogP contribution < -0.4 is 0 Å². The zero-order chi connectivity index (χ0) is 13.2. The predicted octanol–water partition coefficient (Wildman–Crippen LogP) is 4.86. The number of hydrogen-bond acceptors (Lipinski definition) is 0. The molecule has 0 aliphatic carbocycles. The van der Waals surface area contributed by atoms with Crippen molar-refractivity contribution in [2.45, 2.75) is 13.8 Å². The number of para-hydroxylation sites is 1. The van der Waals surface area contributed by atoms with Crippen molar-refractivity contribution >= 4 is 16.6 Å². The Morgan fingerprint density at radius 2 is 1.63 bits per heavy atom. The van der Waals surface area contributed by atoms with Crippen molar-refractivity contribution in [2.24, 2.45) is 0 Å². The lowest BCUT2D eigenvalue weighted by Gasteiger charge is -2.10. The van der Waals surface area contributed by atoms with Crippen LogP contribution in [-0.4, -0.2) is 4.57 Å². The SMILES string of the molecule is C/C=C(\c1ccccc1)n1cc(C)c2ccccc21. The highest BCUT2D eigenvalue weighted by Gasteiger charge is 2.09. The van der Waals surface area contributed by atoms with E-state index in [1.165, 1.54) is 27.7 Å². The second-order valence-electron chi connectivity index (χ2n) is 4.74. The maximum Gasteiger partial charge on any atom is 0.0531 e. The van der Waals surface area contributed by atoms with Gasteiger partial charge in [0.05, 0.1) is 5.52 Å². The maximum atomic E-state index is 2.28. The lowest BCUT2D eigenvalue weighted by molar-refractivity contribution is 1.15. The Morgan fingerprint density at radius 1 is 0.947 bits per heavy atom. The van der Waals surface area contributed by atoms with Crippen LogP contribution in [0.15, 0.2) is 66.9 Å². The van der Waals surface area contributed by atoms with Gasteiger partial charge < -0.3 is 4.57 Å². The summed E-state index contributed by atoms with van der Waals surface area (Å²) in [5.41, 5.74) is 5.04. The summed E-state index contributed by atoms with van der Waals surface area (Å²) in [6, 6.07) is 19.1. The Balaban J connectivity index is 2.24. The van der Waals surface area contributed by atoms with Gasteiger partial charge in [0.15, 0.2) is 0 Å². The van der Waals surface area contributed by atoms with Crippen LogP contribution in [0.25, 0.3) is 16.6 Å². The van der Waals surface area contributed by atoms with Crippen molar-refractivity contribution in [3.05, 3.63) is 78.0 Å². The third-order valence-corrected chi connectivity index (χ3v) is 3.51. The van der Waals surface area contributed by atoms with Crippen LogP contribution in [0.5, 0.6) is 0 Å². The maximum absolute atomic E-state index is 2.28. The lowest BCUT2D eigenvalue weighted by Crippen LogP contribution is -1.96. The molecule has 0 radical (unpaired) electrons. The van der Waals surface area contributed by atoms with Gasteiger partial charge in [-0.2, -0.15) is 0 Å². The van der Waals surface area contributed by atoms with Gasteiger partial charge in [-0.05, 0) is 31.0 Å². The molecule has 0 unspecified atom stereocenters. The molecule has 0 aliphatic rings. The van der Waals surface area contributed by atoms with Crippen LogP contribution in [0.4, 0.5) is 0 Å². The van der Waals surface area contributed by atoms with Crippen LogP contribution in [0.1, 0.15) is 18.1 Å². The number of allylic oxidation sites excluding steroid dienone is 1. The second kappa shape index (κ2) is 4.77. The van der Waals surface area contributed by atoms with E-state index in [2.05, 4.69) is 85.3 Å². The molecule has 0 amide bonds. The highest BCUT2D eigenvalue weighted by atomic mass is 15.0. The fraction of sp³-hybridized carbons (Fsp3) is 0.111. The molecule has 94 valence electrons. The van der Waals surface area contributed by atoms with Gasteiger partial charge in [-0.15, -0.1) is 0 Å². The molecule has 1 nitrogen and oxygen atoms in total. The summed E-state index contributed by atoms with van der Waals surface area (Å²) in [4.78, 5) is 0. The van der Waals surface area contributed by atoms with Gasteiger partial charge in [0.2, 0.25) is 0 Å². The standard InChI is InChI=1S/C18H17N/c1-3-17(15-9-5-4-6-10-15)19-13-14(2)16-11-7-8-12-18(16)19/h3-13H,1-2H3/b17-3+. The number of aromatic nitrogens is 1. The normalized spacial score (nSPS) is 12.0. The Kier molecular flexibility index (Phi) is 2.96. The Hall–Kier alpha value is -2.28.